The second-order valence-corrected chi connectivity index (χ2v) is 5.85. The highest BCUT2D eigenvalue weighted by Crippen LogP contribution is 2.10. The zero-order valence-electron chi connectivity index (χ0n) is 12.1. The van der Waals surface area contributed by atoms with Crippen LogP contribution in [-0.4, -0.2) is 19.0 Å². The standard InChI is InChI=1S/C16H20ClN3S/c1-2-18-16(20-11-14-7-9-21-12-14)19-8-6-13-4-3-5-15(17)10-13/h3-5,7,9-10,12H,2,6,8,11H2,1H3,(H2,18,19,20). The zero-order chi connectivity index (χ0) is 14.9. The predicted molar refractivity (Wildman–Crippen MR) is 92.3 cm³/mol. The van der Waals surface area contributed by atoms with Crippen molar-refractivity contribution >= 4 is 28.9 Å². The molecule has 2 aromatic rings. The van der Waals surface area contributed by atoms with E-state index >= 15 is 0 Å². The smallest absolute Gasteiger partial charge is 0.191 e. The van der Waals surface area contributed by atoms with E-state index in [0.29, 0.717) is 6.54 Å². The van der Waals surface area contributed by atoms with Gasteiger partial charge in [0.2, 0.25) is 0 Å². The number of nitrogens with zero attached hydrogens (tertiary/aromatic N) is 1. The summed E-state index contributed by atoms with van der Waals surface area (Å²) >= 11 is 7.69. The van der Waals surface area contributed by atoms with Crippen molar-refractivity contribution in [1.82, 2.24) is 10.6 Å². The molecular weight excluding hydrogens is 302 g/mol. The molecular formula is C16H20ClN3S. The van der Waals surface area contributed by atoms with Crippen LogP contribution in [0.1, 0.15) is 18.1 Å². The first-order valence-corrected chi connectivity index (χ1v) is 8.37. The van der Waals surface area contributed by atoms with Gasteiger partial charge >= 0.3 is 0 Å². The van der Waals surface area contributed by atoms with E-state index in [2.05, 4.69) is 45.4 Å². The van der Waals surface area contributed by atoms with Crippen LogP contribution in [0.5, 0.6) is 0 Å². The van der Waals surface area contributed by atoms with E-state index in [1.807, 2.05) is 18.2 Å². The maximum atomic E-state index is 5.99. The first kappa shape index (κ1) is 15.9. The molecule has 0 aliphatic carbocycles. The first-order chi connectivity index (χ1) is 10.3. The fourth-order valence-corrected chi connectivity index (χ4v) is 2.79. The maximum absolute atomic E-state index is 5.99. The summed E-state index contributed by atoms with van der Waals surface area (Å²) in [5.41, 5.74) is 2.47. The Morgan fingerprint density at radius 2 is 2.14 bits per heavy atom. The van der Waals surface area contributed by atoms with Crippen LogP contribution in [0.2, 0.25) is 5.02 Å². The third-order valence-corrected chi connectivity index (χ3v) is 3.91. The molecule has 0 spiro atoms. The molecule has 21 heavy (non-hydrogen) atoms. The van der Waals surface area contributed by atoms with Gasteiger partial charge in [-0.2, -0.15) is 11.3 Å². The lowest BCUT2D eigenvalue weighted by Gasteiger charge is -2.11. The van der Waals surface area contributed by atoms with Crippen LogP contribution in [0.3, 0.4) is 0 Å². The third-order valence-electron chi connectivity index (χ3n) is 2.94. The summed E-state index contributed by atoms with van der Waals surface area (Å²) in [4.78, 5) is 4.58. The van der Waals surface area contributed by atoms with Gasteiger partial charge in [-0.15, -0.1) is 0 Å². The van der Waals surface area contributed by atoms with Crippen LogP contribution in [0, 0.1) is 0 Å². The number of rotatable bonds is 6. The molecule has 0 bridgehead atoms. The Morgan fingerprint density at radius 1 is 1.24 bits per heavy atom. The van der Waals surface area contributed by atoms with Gasteiger partial charge in [-0.1, -0.05) is 23.7 Å². The van der Waals surface area contributed by atoms with Crippen LogP contribution in [0.25, 0.3) is 0 Å². The lowest BCUT2D eigenvalue weighted by atomic mass is 10.1. The number of aliphatic imine (C=N–C) groups is 1. The lowest BCUT2D eigenvalue weighted by molar-refractivity contribution is 0.800. The Balaban J connectivity index is 1.83. The molecule has 1 aromatic heterocycles. The molecule has 0 fully saturated rings. The minimum atomic E-state index is 0.704. The number of hydrogen-bond acceptors (Lipinski definition) is 2. The van der Waals surface area contributed by atoms with Gasteiger partial charge in [0.25, 0.3) is 0 Å². The van der Waals surface area contributed by atoms with Gasteiger partial charge in [0, 0.05) is 18.1 Å². The van der Waals surface area contributed by atoms with Crippen molar-refractivity contribution in [3.63, 3.8) is 0 Å². The molecule has 112 valence electrons. The Bertz CT molecular complexity index is 567. The van der Waals surface area contributed by atoms with Gasteiger partial charge in [0.15, 0.2) is 5.96 Å². The summed E-state index contributed by atoms with van der Waals surface area (Å²) in [6, 6.07) is 10.1. The quantitative estimate of drug-likeness (QED) is 0.628. The highest BCUT2D eigenvalue weighted by Gasteiger charge is 1.99. The van der Waals surface area contributed by atoms with Gasteiger partial charge in [0.05, 0.1) is 6.54 Å². The Morgan fingerprint density at radius 3 is 2.86 bits per heavy atom. The monoisotopic (exact) mass is 321 g/mol. The molecule has 0 saturated carbocycles. The summed E-state index contributed by atoms with van der Waals surface area (Å²) in [7, 11) is 0. The fourth-order valence-electron chi connectivity index (χ4n) is 1.91. The SMILES string of the molecule is CCNC(=NCc1ccsc1)NCCc1cccc(Cl)c1. The molecule has 0 atom stereocenters. The summed E-state index contributed by atoms with van der Waals surface area (Å²) in [5, 5.41) is 11.6. The van der Waals surface area contributed by atoms with Gasteiger partial charge in [-0.05, 0) is 53.4 Å². The molecule has 2 rings (SSSR count). The topological polar surface area (TPSA) is 36.4 Å². The maximum Gasteiger partial charge on any atom is 0.191 e. The molecule has 0 unspecified atom stereocenters. The average Bonchev–Trinajstić information content (AvgIpc) is 2.98. The molecule has 0 radical (unpaired) electrons. The van der Waals surface area contributed by atoms with Crippen LogP contribution in [-0.2, 0) is 13.0 Å². The highest BCUT2D eigenvalue weighted by molar-refractivity contribution is 7.07. The summed E-state index contributed by atoms with van der Waals surface area (Å²) in [6.07, 6.45) is 0.920. The van der Waals surface area contributed by atoms with Crippen molar-refractivity contribution in [2.75, 3.05) is 13.1 Å². The first-order valence-electron chi connectivity index (χ1n) is 7.05. The molecule has 0 amide bonds. The Hall–Kier alpha value is -1.52. The lowest BCUT2D eigenvalue weighted by Crippen LogP contribution is -2.38. The second-order valence-electron chi connectivity index (χ2n) is 4.63. The van der Waals surface area contributed by atoms with Crippen molar-refractivity contribution in [2.24, 2.45) is 4.99 Å². The predicted octanol–water partition coefficient (Wildman–Crippen LogP) is 3.70. The van der Waals surface area contributed by atoms with E-state index in [1.165, 1.54) is 11.1 Å². The average molecular weight is 322 g/mol. The molecule has 2 N–H and O–H groups in total. The normalized spacial score (nSPS) is 11.4. The minimum absolute atomic E-state index is 0.704. The van der Waals surface area contributed by atoms with Crippen LogP contribution < -0.4 is 10.6 Å². The van der Waals surface area contributed by atoms with Gasteiger partial charge in [0.1, 0.15) is 0 Å². The van der Waals surface area contributed by atoms with E-state index in [0.717, 1.165) is 30.5 Å². The molecule has 0 aliphatic heterocycles. The number of benzene rings is 1. The molecule has 3 nitrogen and oxygen atoms in total. The number of halogens is 1. The van der Waals surface area contributed by atoms with E-state index in [4.69, 9.17) is 11.6 Å². The number of hydrogen-bond donors (Lipinski definition) is 2. The molecule has 0 aliphatic rings. The second kappa shape index (κ2) is 8.70. The third kappa shape index (κ3) is 5.78. The van der Waals surface area contributed by atoms with Crippen molar-refractivity contribution in [1.29, 1.82) is 0 Å². The Kier molecular flexibility index (Phi) is 6.57. The Labute approximate surface area is 135 Å². The zero-order valence-corrected chi connectivity index (χ0v) is 13.7. The van der Waals surface area contributed by atoms with E-state index < -0.39 is 0 Å². The number of thiophene rings is 1. The largest absolute Gasteiger partial charge is 0.357 e. The van der Waals surface area contributed by atoms with Crippen LogP contribution in [0.4, 0.5) is 0 Å². The van der Waals surface area contributed by atoms with Gasteiger partial charge in [-0.25, -0.2) is 4.99 Å². The van der Waals surface area contributed by atoms with Crippen molar-refractivity contribution in [3.8, 4) is 0 Å². The van der Waals surface area contributed by atoms with E-state index in [9.17, 15) is 0 Å². The van der Waals surface area contributed by atoms with Gasteiger partial charge < -0.3 is 10.6 Å². The summed E-state index contributed by atoms with van der Waals surface area (Å²) in [6.45, 7) is 4.46. The van der Waals surface area contributed by atoms with E-state index in [1.54, 1.807) is 11.3 Å². The molecule has 1 heterocycles. The number of guanidine groups is 1. The van der Waals surface area contributed by atoms with Crippen molar-refractivity contribution in [3.05, 3.63) is 57.2 Å². The fraction of sp³-hybridized carbons (Fsp3) is 0.312. The van der Waals surface area contributed by atoms with Crippen LogP contribution in [0.15, 0.2) is 46.1 Å². The van der Waals surface area contributed by atoms with Crippen molar-refractivity contribution < 1.29 is 0 Å². The van der Waals surface area contributed by atoms with Gasteiger partial charge in [-0.3, -0.25) is 0 Å². The molecule has 5 heteroatoms. The highest BCUT2D eigenvalue weighted by atomic mass is 35.5. The van der Waals surface area contributed by atoms with Crippen molar-refractivity contribution in [2.45, 2.75) is 19.9 Å². The number of nitrogens with one attached hydrogen (secondary N) is 2. The molecule has 1 aromatic carbocycles. The summed E-state index contributed by atoms with van der Waals surface area (Å²) < 4.78 is 0. The summed E-state index contributed by atoms with van der Waals surface area (Å²) in [5.74, 6) is 0.853. The van der Waals surface area contributed by atoms with E-state index in [-0.39, 0.29) is 0 Å². The molecule has 0 saturated heterocycles. The minimum Gasteiger partial charge on any atom is -0.357 e. The van der Waals surface area contributed by atoms with Crippen LogP contribution >= 0.6 is 22.9 Å².